The quantitative estimate of drug-likeness (QED) is 0.658. The van der Waals surface area contributed by atoms with E-state index in [9.17, 15) is 0 Å². The third kappa shape index (κ3) is 3.13. The molecule has 0 aliphatic carbocycles. The highest BCUT2D eigenvalue weighted by atomic mass is 32.1. The molecule has 3 rings (SSSR count). The number of methoxy groups -OCH3 is 1. The van der Waals surface area contributed by atoms with Crippen molar-refractivity contribution in [2.24, 2.45) is 10.1 Å². The molecule has 0 bridgehead atoms. The van der Waals surface area contributed by atoms with Crippen LogP contribution in [0.3, 0.4) is 0 Å². The molecule has 118 valence electrons. The highest BCUT2D eigenvalue weighted by Crippen LogP contribution is 2.26. The van der Waals surface area contributed by atoms with E-state index in [1.54, 1.807) is 36.8 Å². The average Bonchev–Trinajstić information content (AvgIpc) is 3.23. The molecule has 6 heteroatoms. The van der Waals surface area contributed by atoms with E-state index in [0.717, 1.165) is 27.5 Å². The summed E-state index contributed by atoms with van der Waals surface area (Å²) in [6.45, 7) is 1.99. The van der Waals surface area contributed by atoms with Crippen molar-refractivity contribution in [2.45, 2.75) is 6.92 Å². The highest BCUT2D eigenvalue weighted by Gasteiger charge is 2.10. The first-order valence-electron chi connectivity index (χ1n) is 7.11. The van der Waals surface area contributed by atoms with Crippen LogP contribution in [0, 0.1) is 0 Å². The monoisotopic (exact) mass is 343 g/mol. The van der Waals surface area contributed by atoms with Gasteiger partial charge < -0.3 is 4.74 Å². The number of thiazole rings is 1. The van der Waals surface area contributed by atoms with Gasteiger partial charge in [0.05, 0.1) is 23.4 Å². The fraction of sp³-hybridized carbons (Fsp3) is 0.176. The van der Waals surface area contributed by atoms with Gasteiger partial charge in [-0.2, -0.15) is 5.10 Å². The molecule has 0 aliphatic heterocycles. The van der Waals surface area contributed by atoms with Crippen molar-refractivity contribution in [1.29, 1.82) is 0 Å². The predicted molar refractivity (Wildman–Crippen MR) is 97.7 cm³/mol. The van der Waals surface area contributed by atoms with Crippen molar-refractivity contribution >= 4 is 28.4 Å². The lowest BCUT2D eigenvalue weighted by atomic mass is 10.1. The molecule has 2 heterocycles. The minimum Gasteiger partial charge on any atom is -0.496 e. The molecule has 0 aliphatic rings. The van der Waals surface area contributed by atoms with Gasteiger partial charge in [-0.3, -0.25) is 4.99 Å². The van der Waals surface area contributed by atoms with Crippen LogP contribution < -0.4 is 9.54 Å². The number of hydrogen-bond donors (Lipinski definition) is 0. The summed E-state index contributed by atoms with van der Waals surface area (Å²) in [6, 6.07) is 12.0. The summed E-state index contributed by atoms with van der Waals surface area (Å²) < 4.78 is 7.34. The van der Waals surface area contributed by atoms with E-state index in [1.165, 1.54) is 4.88 Å². The largest absolute Gasteiger partial charge is 0.496 e. The Kier molecular flexibility index (Phi) is 4.73. The van der Waals surface area contributed by atoms with Crippen molar-refractivity contribution in [3.8, 4) is 16.3 Å². The zero-order chi connectivity index (χ0) is 16.2. The number of benzene rings is 1. The Hall–Kier alpha value is -2.18. The zero-order valence-electron chi connectivity index (χ0n) is 13.2. The van der Waals surface area contributed by atoms with Crippen molar-refractivity contribution in [3.05, 3.63) is 57.5 Å². The molecule has 0 unspecified atom stereocenters. The third-order valence-electron chi connectivity index (χ3n) is 3.40. The summed E-state index contributed by atoms with van der Waals surface area (Å²) in [6.07, 6.45) is 0. The molecule has 2 aromatic heterocycles. The molecule has 0 saturated carbocycles. The standard InChI is InChI=1S/C17H17N3OS2/c1-12(13-7-4-5-8-15(13)21-3)19-20-14(11-23-17(20)18-2)16-9-6-10-22-16/h4-11H,1-3H3. The second-order valence-corrected chi connectivity index (χ2v) is 6.59. The van der Waals surface area contributed by atoms with E-state index < -0.39 is 0 Å². The Labute approximate surface area is 143 Å². The average molecular weight is 343 g/mol. The van der Waals surface area contributed by atoms with E-state index in [1.807, 2.05) is 41.9 Å². The Balaban J connectivity index is 2.14. The fourth-order valence-corrected chi connectivity index (χ4v) is 3.88. The van der Waals surface area contributed by atoms with Crippen LogP contribution in [0.25, 0.3) is 10.6 Å². The van der Waals surface area contributed by atoms with Gasteiger partial charge in [0.25, 0.3) is 0 Å². The SMILES string of the molecule is CN=c1scc(-c2cccs2)n1N=C(C)c1ccccc1OC. The molecule has 0 fully saturated rings. The van der Waals surface area contributed by atoms with Crippen LogP contribution in [0.2, 0.25) is 0 Å². The smallest absolute Gasteiger partial charge is 0.205 e. The molecule has 23 heavy (non-hydrogen) atoms. The van der Waals surface area contributed by atoms with E-state index in [2.05, 4.69) is 21.8 Å². The number of thiophene rings is 1. The van der Waals surface area contributed by atoms with Crippen LogP contribution in [-0.2, 0) is 0 Å². The molecule has 0 radical (unpaired) electrons. The van der Waals surface area contributed by atoms with Crippen LogP contribution in [0.4, 0.5) is 0 Å². The molecular formula is C17H17N3OS2. The summed E-state index contributed by atoms with van der Waals surface area (Å²) in [5, 5.41) is 8.96. The normalized spacial score (nSPS) is 12.7. The van der Waals surface area contributed by atoms with Crippen molar-refractivity contribution in [2.75, 3.05) is 14.2 Å². The van der Waals surface area contributed by atoms with E-state index in [-0.39, 0.29) is 0 Å². The summed E-state index contributed by atoms with van der Waals surface area (Å²) in [7, 11) is 3.46. The van der Waals surface area contributed by atoms with Gasteiger partial charge in [0, 0.05) is 18.0 Å². The number of hydrogen-bond acceptors (Lipinski definition) is 5. The molecule has 1 aromatic carbocycles. The van der Waals surface area contributed by atoms with Crippen molar-refractivity contribution in [3.63, 3.8) is 0 Å². The van der Waals surface area contributed by atoms with Crippen LogP contribution in [0.5, 0.6) is 5.75 Å². The Morgan fingerprint density at radius 3 is 2.65 bits per heavy atom. The maximum Gasteiger partial charge on any atom is 0.205 e. The number of rotatable bonds is 4. The van der Waals surface area contributed by atoms with Crippen molar-refractivity contribution in [1.82, 2.24) is 4.68 Å². The van der Waals surface area contributed by atoms with Gasteiger partial charge >= 0.3 is 0 Å². The highest BCUT2D eigenvalue weighted by molar-refractivity contribution is 7.14. The summed E-state index contributed by atoms with van der Waals surface area (Å²) in [4.78, 5) is 6.38. The molecule has 0 saturated heterocycles. The number of para-hydroxylation sites is 1. The van der Waals surface area contributed by atoms with Crippen LogP contribution in [0.15, 0.2) is 57.3 Å². The van der Waals surface area contributed by atoms with Gasteiger partial charge in [-0.25, -0.2) is 4.68 Å². The van der Waals surface area contributed by atoms with Gasteiger partial charge in [-0.15, -0.1) is 22.7 Å². The van der Waals surface area contributed by atoms with Gasteiger partial charge in [-0.1, -0.05) is 18.2 Å². The summed E-state index contributed by atoms with van der Waals surface area (Å²) in [5.74, 6) is 0.817. The lowest BCUT2D eigenvalue weighted by molar-refractivity contribution is 0.414. The molecule has 3 aromatic rings. The van der Waals surface area contributed by atoms with Gasteiger partial charge in [0.15, 0.2) is 0 Å². The molecule has 0 N–H and O–H groups in total. The van der Waals surface area contributed by atoms with Crippen LogP contribution >= 0.6 is 22.7 Å². The van der Waals surface area contributed by atoms with Gasteiger partial charge in [0.2, 0.25) is 4.80 Å². The number of aromatic nitrogens is 1. The van der Waals surface area contributed by atoms with Crippen LogP contribution in [-0.4, -0.2) is 24.5 Å². The first-order valence-corrected chi connectivity index (χ1v) is 8.86. The molecular weight excluding hydrogens is 326 g/mol. The Morgan fingerprint density at radius 2 is 1.96 bits per heavy atom. The van der Waals surface area contributed by atoms with E-state index >= 15 is 0 Å². The predicted octanol–water partition coefficient (Wildman–Crippen LogP) is 4.09. The maximum atomic E-state index is 5.44. The first-order chi connectivity index (χ1) is 11.2. The van der Waals surface area contributed by atoms with E-state index in [0.29, 0.717) is 0 Å². The second kappa shape index (κ2) is 6.93. The van der Waals surface area contributed by atoms with Crippen LogP contribution in [0.1, 0.15) is 12.5 Å². The lowest BCUT2D eigenvalue weighted by Gasteiger charge is -2.08. The molecule has 0 amide bonds. The second-order valence-electron chi connectivity index (χ2n) is 4.80. The molecule has 0 spiro atoms. The number of ether oxygens (including phenoxy) is 1. The maximum absolute atomic E-state index is 5.44. The third-order valence-corrected chi connectivity index (χ3v) is 5.20. The summed E-state index contributed by atoms with van der Waals surface area (Å²) >= 11 is 3.28. The minimum absolute atomic E-state index is 0.817. The Bertz CT molecular complexity index is 889. The van der Waals surface area contributed by atoms with E-state index in [4.69, 9.17) is 9.84 Å². The minimum atomic E-state index is 0.817. The topological polar surface area (TPSA) is 38.9 Å². The molecule has 0 atom stereocenters. The first kappa shape index (κ1) is 15.7. The zero-order valence-corrected chi connectivity index (χ0v) is 14.8. The number of nitrogens with zero attached hydrogens (tertiary/aromatic N) is 3. The van der Waals surface area contributed by atoms with Gasteiger partial charge in [0.1, 0.15) is 5.75 Å². The van der Waals surface area contributed by atoms with Gasteiger partial charge in [-0.05, 0) is 30.5 Å². The van der Waals surface area contributed by atoms with Crippen molar-refractivity contribution < 1.29 is 4.74 Å². The molecule has 4 nitrogen and oxygen atoms in total. The summed E-state index contributed by atoms with van der Waals surface area (Å²) in [5.41, 5.74) is 2.92. The Morgan fingerprint density at radius 1 is 1.13 bits per heavy atom. The lowest BCUT2D eigenvalue weighted by Crippen LogP contribution is -2.13. The fourth-order valence-electron chi connectivity index (χ4n) is 2.29.